The van der Waals surface area contributed by atoms with Crippen LogP contribution in [0.2, 0.25) is 0 Å². The third kappa shape index (κ3) is 4.79. The van der Waals surface area contributed by atoms with Gasteiger partial charge >= 0.3 is 0 Å². The van der Waals surface area contributed by atoms with Crippen LogP contribution in [0.25, 0.3) is 0 Å². The van der Waals surface area contributed by atoms with E-state index in [-0.39, 0.29) is 11.3 Å². The van der Waals surface area contributed by atoms with Crippen LogP contribution in [0.5, 0.6) is 0 Å². The van der Waals surface area contributed by atoms with E-state index in [0.717, 1.165) is 13.0 Å². The molecule has 0 saturated carbocycles. The fourth-order valence-electron chi connectivity index (χ4n) is 0.455. The van der Waals surface area contributed by atoms with Gasteiger partial charge in [0.1, 0.15) is 0 Å². The van der Waals surface area contributed by atoms with Crippen molar-refractivity contribution in [2.75, 3.05) is 6.54 Å². The lowest BCUT2D eigenvalue weighted by Crippen LogP contribution is -2.43. The second-order valence-electron chi connectivity index (χ2n) is 3.63. The summed E-state index contributed by atoms with van der Waals surface area (Å²) in [5.41, 5.74) is 5.17. The Kier molecular flexibility index (Phi) is 4.11. The smallest absolute Gasteiger partial charge is 0.239 e. The predicted molar refractivity (Wildman–Crippen MR) is 45.9 cm³/mol. The number of carbonyl (C=O) groups excluding carboxylic acids is 1. The van der Waals surface area contributed by atoms with Gasteiger partial charge in [-0.3, -0.25) is 10.2 Å². The first-order valence-electron chi connectivity index (χ1n) is 4.01. The van der Waals surface area contributed by atoms with Gasteiger partial charge in [-0.15, -0.1) is 0 Å². The molecule has 0 saturated heterocycles. The zero-order valence-electron chi connectivity index (χ0n) is 7.82. The van der Waals surface area contributed by atoms with Crippen LogP contribution >= 0.6 is 0 Å². The molecule has 11 heavy (non-hydrogen) atoms. The van der Waals surface area contributed by atoms with Gasteiger partial charge in [0.25, 0.3) is 0 Å². The van der Waals surface area contributed by atoms with Crippen LogP contribution in [0.4, 0.5) is 0 Å². The fourth-order valence-corrected chi connectivity index (χ4v) is 0.455. The van der Waals surface area contributed by atoms with E-state index in [9.17, 15) is 4.79 Å². The fraction of sp³-hybridized carbons (Fsp3) is 0.875. The molecule has 0 aliphatic rings. The molecule has 0 aliphatic carbocycles. The average Bonchev–Trinajstić information content (AvgIpc) is 1.86. The molecule has 0 radical (unpaired) electrons. The highest BCUT2D eigenvalue weighted by Crippen LogP contribution is 2.11. The number of hydrogen-bond acceptors (Lipinski definition) is 2. The van der Waals surface area contributed by atoms with Crippen molar-refractivity contribution in [2.24, 2.45) is 5.41 Å². The molecule has 66 valence electrons. The number of nitrogens with one attached hydrogen (secondary N) is 2. The number of amides is 1. The van der Waals surface area contributed by atoms with Gasteiger partial charge in [0.15, 0.2) is 0 Å². The Morgan fingerprint density at radius 2 is 1.91 bits per heavy atom. The van der Waals surface area contributed by atoms with Gasteiger partial charge in [-0.1, -0.05) is 27.7 Å². The molecule has 0 aromatic rings. The van der Waals surface area contributed by atoms with Crippen molar-refractivity contribution in [1.82, 2.24) is 10.9 Å². The molecule has 0 aliphatic heterocycles. The lowest BCUT2D eigenvalue weighted by Gasteiger charge is -2.17. The number of carbonyl (C=O) groups is 1. The van der Waals surface area contributed by atoms with Gasteiger partial charge in [0, 0.05) is 12.0 Å². The maximum absolute atomic E-state index is 11.2. The van der Waals surface area contributed by atoms with E-state index in [1.807, 2.05) is 20.8 Å². The summed E-state index contributed by atoms with van der Waals surface area (Å²) in [6.07, 6.45) is 1.02. The summed E-state index contributed by atoms with van der Waals surface area (Å²) in [4.78, 5) is 11.2. The molecule has 0 rings (SSSR count). The Labute approximate surface area is 68.5 Å². The Morgan fingerprint density at radius 3 is 2.27 bits per heavy atom. The van der Waals surface area contributed by atoms with Crippen molar-refractivity contribution in [3.8, 4) is 0 Å². The molecule has 0 aromatic carbocycles. The summed E-state index contributed by atoms with van der Waals surface area (Å²) < 4.78 is 0. The summed E-state index contributed by atoms with van der Waals surface area (Å²) in [6, 6.07) is 0. The predicted octanol–water partition coefficient (Wildman–Crippen LogP) is 1.06. The molecular formula is C8H18N2O. The van der Waals surface area contributed by atoms with Crippen molar-refractivity contribution in [3.63, 3.8) is 0 Å². The molecule has 0 spiro atoms. The molecule has 3 heteroatoms. The van der Waals surface area contributed by atoms with Crippen LogP contribution in [0.15, 0.2) is 0 Å². The van der Waals surface area contributed by atoms with Crippen molar-refractivity contribution < 1.29 is 4.79 Å². The molecule has 0 fully saturated rings. The molecule has 3 nitrogen and oxygen atoms in total. The Balaban J connectivity index is 3.54. The highest BCUT2D eigenvalue weighted by atomic mass is 16.2. The average molecular weight is 158 g/mol. The highest BCUT2D eigenvalue weighted by molar-refractivity contribution is 5.80. The third-order valence-corrected chi connectivity index (χ3v) is 1.26. The lowest BCUT2D eigenvalue weighted by molar-refractivity contribution is -0.129. The van der Waals surface area contributed by atoms with Gasteiger partial charge in [-0.25, -0.2) is 5.43 Å². The highest BCUT2D eigenvalue weighted by Gasteiger charge is 2.20. The van der Waals surface area contributed by atoms with Crippen molar-refractivity contribution >= 4 is 5.91 Å². The monoisotopic (exact) mass is 158 g/mol. The number of hydrazine groups is 1. The SMILES string of the molecule is CCCNNC(=O)C(C)(C)C. The Bertz CT molecular complexity index is 127. The normalized spacial score (nSPS) is 11.3. The largest absolute Gasteiger partial charge is 0.291 e. The second-order valence-corrected chi connectivity index (χ2v) is 3.63. The molecule has 0 unspecified atom stereocenters. The second kappa shape index (κ2) is 4.34. The Morgan fingerprint density at radius 1 is 1.36 bits per heavy atom. The topological polar surface area (TPSA) is 41.1 Å². The summed E-state index contributed by atoms with van der Waals surface area (Å²) in [7, 11) is 0. The minimum atomic E-state index is -0.305. The van der Waals surface area contributed by atoms with E-state index >= 15 is 0 Å². The van der Waals surface area contributed by atoms with E-state index in [1.54, 1.807) is 0 Å². The molecule has 0 bridgehead atoms. The van der Waals surface area contributed by atoms with Crippen LogP contribution in [0.3, 0.4) is 0 Å². The zero-order chi connectivity index (χ0) is 8.91. The standard InChI is InChI=1S/C8H18N2O/c1-5-6-9-10-7(11)8(2,3)4/h9H,5-6H2,1-4H3,(H,10,11). The number of rotatable bonds is 3. The first-order chi connectivity index (χ1) is 4.98. The summed E-state index contributed by atoms with van der Waals surface area (Å²) in [6.45, 7) is 8.53. The third-order valence-electron chi connectivity index (χ3n) is 1.26. The molecular weight excluding hydrogens is 140 g/mol. The van der Waals surface area contributed by atoms with Crippen molar-refractivity contribution in [3.05, 3.63) is 0 Å². The summed E-state index contributed by atoms with van der Waals surface area (Å²) in [5.74, 6) is 0.0333. The van der Waals surface area contributed by atoms with E-state index in [0.29, 0.717) is 0 Å². The van der Waals surface area contributed by atoms with Gasteiger partial charge in [0.05, 0.1) is 0 Å². The van der Waals surface area contributed by atoms with E-state index in [4.69, 9.17) is 0 Å². The quantitative estimate of drug-likeness (QED) is 0.476. The minimum Gasteiger partial charge on any atom is -0.291 e. The molecule has 0 atom stereocenters. The van der Waals surface area contributed by atoms with Crippen LogP contribution in [0.1, 0.15) is 34.1 Å². The first kappa shape index (κ1) is 10.4. The molecule has 2 N–H and O–H groups in total. The van der Waals surface area contributed by atoms with Crippen molar-refractivity contribution in [2.45, 2.75) is 34.1 Å². The van der Waals surface area contributed by atoms with Crippen LogP contribution < -0.4 is 10.9 Å². The summed E-state index contributed by atoms with van der Waals surface area (Å²) in [5, 5.41) is 0. The minimum absolute atomic E-state index is 0.0333. The van der Waals surface area contributed by atoms with E-state index in [1.165, 1.54) is 0 Å². The Hall–Kier alpha value is -0.570. The maximum Gasteiger partial charge on any atom is 0.239 e. The van der Waals surface area contributed by atoms with Crippen molar-refractivity contribution in [1.29, 1.82) is 0 Å². The number of hydrogen-bond donors (Lipinski definition) is 2. The molecule has 0 heterocycles. The van der Waals surface area contributed by atoms with Gasteiger partial charge in [-0.2, -0.15) is 0 Å². The van der Waals surface area contributed by atoms with Gasteiger partial charge in [-0.05, 0) is 6.42 Å². The van der Waals surface area contributed by atoms with Gasteiger partial charge < -0.3 is 0 Å². The van der Waals surface area contributed by atoms with Crippen LogP contribution in [-0.2, 0) is 4.79 Å². The van der Waals surface area contributed by atoms with Gasteiger partial charge in [0.2, 0.25) is 5.91 Å². The molecule has 0 aromatic heterocycles. The van der Waals surface area contributed by atoms with Crippen LogP contribution in [-0.4, -0.2) is 12.5 Å². The maximum atomic E-state index is 11.2. The zero-order valence-corrected chi connectivity index (χ0v) is 7.82. The van der Waals surface area contributed by atoms with E-state index < -0.39 is 0 Å². The molecule has 1 amide bonds. The lowest BCUT2D eigenvalue weighted by atomic mass is 9.96. The summed E-state index contributed by atoms with van der Waals surface area (Å²) >= 11 is 0. The first-order valence-corrected chi connectivity index (χ1v) is 4.01. The van der Waals surface area contributed by atoms with E-state index in [2.05, 4.69) is 17.8 Å². The van der Waals surface area contributed by atoms with Crippen LogP contribution in [0, 0.1) is 5.41 Å².